The minimum atomic E-state index is 0.0155. The van der Waals surface area contributed by atoms with Gasteiger partial charge in [0.15, 0.2) is 5.16 Å². The average molecular weight is 399 g/mol. The Labute approximate surface area is 164 Å². The average Bonchev–Trinajstić information content (AvgIpc) is 3.32. The second-order valence-corrected chi connectivity index (χ2v) is 8.36. The molecule has 0 aliphatic carbocycles. The molecule has 0 fully saturated rings. The fourth-order valence-electron chi connectivity index (χ4n) is 2.70. The van der Waals surface area contributed by atoms with Crippen molar-refractivity contribution in [2.45, 2.75) is 31.3 Å². The number of fused-ring (bicyclic) bond motifs is 1. The molecule has 138 valence electrons. The Morgan fingerprint density at radius 2 is 2.00 bits per heavy atom. The summed E-state index contributed by atoms with van der Waals surface area (Å²) in [5.41, 5.74) is 1.66. The number of nitrogens with zero attached hydrogens (tertiary/aromatic N) is 4. The lowest BCUT2D eigenvalue weighted by atomic mass is 10.2. The first kappa shape index (κ1) is 17.9. The largest absolute Gasteiger partial charge is 0.338 e. The Bertz CT molecular complexity index is 1120. The molecule has 0 spiro atoms. The van der Waals surface area contributed by atoms with Gasteiger partial charge in [0.25, 0.3) is 5.56 Å². The van der Waals surface area contributed by atoms with Crippen molar-refractivity contribution in [3.63, 3.8) is 0 Å². The molecule has 0 amide bonds. The highest BCUT2D eigenvalue weighted by Gasteiger charge is 2.16. The SMILES string of the molecule is CC(C)Cn1c(SCc2nc(-c3ccccc3)no2)nc2ccsc2c1=O. The molecule has 0 N–H and O–H groups in total. The van der Waals surface area contributed by atoms with Gasteiger partial charge in [-0.05, 0) is 17.4 Å². The summed E-state index contributed by atoms with van der Waals surface area (Å²) in [4.78, 5) is 21.9. The normalized spacial score (nSPS) is 11.5. The molecule has 0 radical (unpaired) electrons. The molecule has 8 heteroatoms. The van der Waals surface area contributed by atoms with Crippen molar-refractivity contribution in [3.8, 4) is 11.4 Å². The molecule has 0 aliphatic heterocycles. The summed E-state index contributed by atoms with van der Waals surface area (Å²) in [5, 5.41) is 6.62. The molecule has 4 rings (SSSR count). The first-order chi connectivity index (χ1) is 13.1. The fraction of sp³-hybridized carbons (Fsp3) is 0.263. The predicted octanol–water partition coefficient (Wildman–Crippen LogP) is 4.46. The van der Waals surface area contributed by atoms with Crippen molar-refractivity contribution < 1.29 is 4.52 Å². The van der Waals surface area contributed by atoms with E-state index in [0.717, 1.165) is 11.1 Å². The maximum Gasteiger partial charge on any atom is 0.272 e. The standard InChI is InChI=1S/C19H18N4O2S2/c1-12(2)10-23-18(24)16-14(8-9-26-16)20-19(23)27-11-15-21-17(22-25-15)13-6-4-3-5-7-13/h3-9,12H,10-11H2,1-2H3. The van der Waals surface area contributed by atoms with Crippen LogP contribution in [0.25, 0.3) is 21.6 Å². The molecular formula is C19H18N4O2S2. The zero-order valence-electron chi connectivity index (χ0n) is 15.0. The van der Waals surface area contributed by atoms with Gasteiger partial charge in [-0.25, -0.2) is 4.98 Å². The molecule has 0 bridgehead atoms. The molecule has 4 aromatic rings. The Hall–Kier alpha value is -2.45. The molecule has 27 heavy (non-hydrogen) atoms. The van der Waals surface area contributed by atoms with Crippen molar-refractivity contribution >= 4 is 33.3 Å². The van der Waals surface area contributed by atoms with Crippen LogP contribution in [0.5, 0.6) is 0 Å². The van der Waals surface area contributed by atoms with E-state index in [-0.39, 0.29) is 5.56 Å². The lowest BCUT2D eigenvalue weighted by Crippen LogP contribution is -2.24. The third-order valence-corrected chi connectivity index (χ3v) is 5.76. The summed E-state index contributed by atoms with van der Waals surface area (Å²) in [6.07, 6.45) is 0. The quantitative estimate of drug-likeness (QED) is 0.353. The van der Waals surface area contributed by atoms with Gasteiger partial charge in [-0.1, -0.05) is 61.1 Å². The number of benzene rings is 1. The molecule has 3 heterocycles. The first-order valence-electron chi connectivity index (χ1n) is 8.60. The number of hydrogen-bond acceptors (Lipinski definition) is 7. The second-order valence-electron chi connectivity index (χ2n) is 6.51. The van der Waals surface area contributed by atoms with E-state index >= 15 is 0 Å². The highest BCUT2D eigenvalue weighted by molar-refractivity contribution is 7.98. The third-order valence-electron chi connectivity index (χ3n) is 3.90. The van der Waals surface area contributed by atoms with Crippen LogP contribution in [0, 0.1) is 5.92 Å². The molecule has 0 aliphatic rings. The van der Waals surface area contributed by atoms with Crippen molar-refractivity contribution in [1.82, 2.24) is 19.7 Å². The molecule has 0 atom stereocenters. The molecule has 6 nitrogen and oxygen atoms in total. The van der Waals surface area contributed by atoms with Crippen molar-refractivity contribution in [2.24, 2.45) is 5.92 Å². The van der Waals surface area contributed by atoms with Crippen LogP contribution < -0.4 is 5.56 Å². The van der Waals surface area contributed by atoms with Gasteiger partial charge < -0.3 is 4.52 Å². The molecule has 0 saturated carbocycles. The number of thiophene rings is 1. The summed E-state index contributed by atoms with van der Waals surface area (Å²) >= 11 is 2.88. The number of thioether (sulfide) groups is 1. The van der Waals surface area contributed by atoms with Gasteiger partial charge >= 0.3 is 0 Å². The zero-order valence-corrected chi connectivity index (χ0v) is 16.6. The van der Waals surface area contributed by atoms with Gasteiger partial charge in [0, 0.05) is 12.1 Å². The first-order valence-corrected chi connectivity index (χ1v) is 10.5. The van der Waals surface area contributed by atoms with Crippen LogP contribution in [0.2, 0.25) is 0 Å². The lowest BCUT2D eigenvalue weighted by molar-refractivity contribution is 0.391. The molecule has 0 unspecified atom stereocenters. The number of rotatable bonds is 6. The smallest absolute Gasteiger partial charge is 0.272 e. The van der Waals surface area contributed by atoms with E-state index in [1.807, 2.05) is 41.8 Å². The van der Waals surface area contributed by atoms with Gasteiger partial charge in [-0.2, -0.15) is 4.98 Å². The van der Waals surface area contributed by atoms with Gasteiger partial charge in [0.1, 0.15) is 4.70 Å². The van der Waals surface area contributed by atoms with Crippen molar-refractivity contribution in [2.75, 3.05) is 0 Å². The maximum absolute atomic E-state index is 12.8. The Kier molecular flexibility index (Phi) is 5.09. The van der Waals surface area contributed by atoms with Crippen molar-refractivity contribution in [1.29, 1.82) is 0 Å². The van der Waals surface area contributed by atoms with E-state index in [1.54, 1.807) is 4.57 Å². The predicted molar refractivity (Wildman–Crippen MR) is 108 cm³/mol. The maximum atomic E-state index is 12.8. The van der Waals surface area contributed by atoms with Crippen LogP contribution in [0.1, 0.15) is 19.7 Å². The van der Waals surface area contributed by atoms with E-state index in [9.17, 15) is 4.79 Å². The minimum absolute atomic E-state index is 0.0155. The molecule has 0 saturated heterocycles. The highest BCUT2D eigenvalue weighted by atomic mass is 32.2. The molecular weight excluding hydrogens is 380 g/mol. The Morgan fingerprint density at radius 1 is 1.19 bits per heavy atom. The van der Waals surface area contributed by atoms with Gasteiger partial charge in [0.05, 0.1) is 11.3 Å². The van der Waals surface area contributed by atoms with Crippen LogP contribution >= 0.6 is 23.1 Å². The van der Waals surface area contributed by atoms with Gasteiger partial charge in [0.2, 0.25) is 11.7 Å². The fourth-order valence-corrected chi connectivity index (χ4v) is 4.33. The van der Waals surface area contributed by atoms with Crippen LogP contribution in [0.4, 0.5) is 0 Å². The Balaban J connectivity index is 1.60. The van der Waals surface area contributed by atoms with Gasteiger partial charge in [-0.3, -0.25) is 9.36 Å². The summed E-state index contributed by atoms with van der Waals surface area (Å²) in [7, 11) is 0. The van der Waals surface area contributed by atoms with E-state index in [2.05, 4.69) is 29.0 Å². The minimum Gasteiger partial charge on any atom is -0.338 e. The Morgan fingerprint density at radius 3 is 2.78 bits per heavy atom. The van der Waals surface area contributed by atoms with E-state index in [4.69, 9.17) is 4.52 Å². The van der Waals surface area contributed by atoms with Crippen LogP contribution in [-0.4, -0.2) is 19.7 Å². The number of hydrogen-bond donors (Lipinski definition) is 0. The van der Waals surface area contributed by atoms with Crippen LogP contribution in [-0.2, 0) is 12.3 Å². The van der Waals surface area contributed by atoms with E-state index in [0.29, 0.717) is 39.8 Å². The molecule has 3 aromatic heterocycles. The zero-order chi connectivity index (χ0) is 18.8. The monoisotopic (exact) mass is 398 g/mol. The highest BCUT2D eigenvalue weighted by Crippen LogP contribution is 2.25. The van der Waals surface area contributed by atoms with E-state index in [1.165, 1.54) is 23.1 Å². The van der Waals surface area contributed by atoms with E-state index < -0.39 is 0 Å². The topological polar surface area (TPSA) is 73.8 Å². The van der Waals surface area contributed by atoms with Crippen molar-refractivity contribution in [3.05, 3.63) is 58.0 Å². The molecule has 1 aromatic carbocycles. The van der Waals surface area contributed by atoms with Crippen LogP contribution in [0.3, 0.4) is 0 Å². The third kappa shape index (κ3) is 3.81. The summed E-state index contributed by atoms with van der Waals surface area (Å²) < 4.78 is 7.82. The summed E-state index contributed by atoms with van der Waals surface area (Å²) in [6, 6.07) is 11.6. The lowest BCUT2D eigenvalue weighted by Gasteiger charge is -2.13. The van der Waals surface area contributed by atoms with Gasteiger partial charge in [-0.15, -0.1) is 11.3 Å². The summed E-state index contributed by atoms with van der Waals surface area (Å²) in [5.74, 6) is 1.87. The summed E-state index contributed by atoms with van der Waals surface area (Å²) in [6.45, 7) is 4.80. The second kappa shape index (κ2) is 7.66. The number of aromatic nitrogens is 4. The van der Waals surface area contributed by atoms with Crippen LogP contribution in [0.15, 0.2) is 56.3 Å².